The number of β-amino-alcohol motifs (C(OH)–C–C–N with tert-alkyl or cyclic N) is 1. The highest BCUT2D eigenvalue weighted by atomic mass is 16.3. The zero-order chi connectivity index (χ0) is 15.6. The highest BCUT2D eigenvalue weighted by Crippen LogP contribution is 2.32. The molecule has 116 valence electrons. The summed E-state index contributed by atoms with van der Waals surface area (Å²) in [5.41, 5.74) is 3.40. The highest BCUT2D eigenvalue weighted by molar-refractivity contribution is 5.96. The number of benzene rings is 2. The average Bonchev–Trinajstić information content (AvgIpc) is 2.61. The van der Waals surface area contributed by atoms with Crippen molar-refractivity contribution in [3.63, 3.8) is 0 Å². The van der Waals surface area contributed by atoms with Crippen molar-refractivity contribution in [3.8, 4) is 11.1 Å². The van der Waals surface area contributed by atoms with Crippen molar-refractivity contribution in [2.45, 2.75) is 18.9 Å². The number of para-hydroxylation sites is 1. The molecule has 0 aliphatic carbocycles. The third-order valence-corrected chi connectivity index (χ3v) is 4.51. The number of hydrogen-bond donors (Lipinski definition) is 1. The third kappa shape index (κ3) is 2.80. The lowest BCUT2D eigenvalue weighted by atomic mass is 10.0. The maximum Gasteiger partial charge on any atom is 0.129 e. The molecule has 1 fully saturated rings. The number of hydrogen-bond acceptors (Lipinski definition) is 3. The average molecular weight is 304 g/mol. The molecule has 0 amide bonds. The Kier molecular flexibility index (Phi) is 3.72. The van der Waals surface area contributed by atoms with Crippen molar-refractivity contribution in [2.75, 3.05) is 18.0 Å². The molecule has 0 saturated carbocycles. The summed E-state index contributed by atoms with van der Waals surface area (Å²) in [5.74, 6) is 0.960. The Labute approximate surface area is 136 Å². The number of aromatic nitrogens is 1. The molecule has 1 N–H and O–H groups in total. The van der Waals surface area contributed by atoms with E-state index in [4.69, 9.17) is 4.98 Å². The molecule has 1 aliphatic heterocycles. The zero-order valence-corrected chi connectivity index (χ0v) is 13.0. The summed E-state index contributed by atoms with van der Waals surface area (Å²) in [6, 6.07) is 20.9. The summed E-state index contributed by atoms with van der Waals surface area (Å²) in [7, 11) is 0. The molecule has 0 unspecified atom stereocenters. The van der Waals surface area contributed by atoms with Crippen LogP contribution in [-0.4, -0.2) is 29.3 Å². The molecule has 0 radical (unpaired) electrons. The van der Waals surface area contributed by atoms with Crippen LogP contribution in [0.4, 0.5) is 5.82 Å². The summed E-state index contributed by atoms with van der Waals surface area (Å²) >= 11 is 0. The Morgan fingerprint density at radius 2 is 1.78 bits per heavy atom. The van der Waals surface area contributed by atoms with Crippen LogP contribution in [0.25, 0.3) is 22.0 Å². The van der Waals surface area contributed by atoms with Gasteiger partial charge in [-0.15, -0.1) is 0 Å². The van der Waals surface area contributed by atoms with Crippen molar-refractivity contribution in [1.29, 1.82) is 0 Å². The summed E-state index contributed by atoms with van der Waals surface area (Å²) in [6.45, 7) is 1.62. The van der Waals surface area contributed by atoms with E-state index in [0.29, 0.717) is 6.54 Å². The first-order chi connectivity index (χ1) is 11.3. The molecule has 3 aromatic rings. The number of nitrogens with zero attached hydrogens (tertiary/aromatic N) is 2. The maximum absolute atomic E-state index is 9.97. The number of pyridine rings is 1. The monoisotopic (exact) mass is 304 g/mol. The standard InChI is InChI=1S/C20H20N2O/c23-16-9-6-12-22(14-16)20-13-18(15-7-2-1-3-8-15)17-10-4-5-11-19(17)21-20/h1-5,7-8,10-11,13,16,23H,6,9,12,14H2/t16-/m1/s1. The molecule has 1 aromatic heterocycles. The number of fused-ring (bicyclic) bond motifs is 1. The molecule has 2 aromatic carbocycles. The van der Waals surface area contributed by atoms with Crippen LogP contribution >= 0.6 is 0 Å². The van der Waals surface area contributed by atoms with Gasteiger partial charge in [0.25, 0.3) is 0 Å². The minimum Gasteiger partial charge on any atom is -0.391 e. The van der Waals surface area contributed by atoms with Gasteiger partial charge < -0.3 is 10.0 Å². The predicted octanol–water partition coefficient (Wildman–Crippen LogP) is 3.86. The molecule has 3 nitrogen and oxygen atoms in total. The van der Waals surface area contributed by atoms with Crippen LogP contribution in [0.3, 0.4) is 0 Å². The van der Waals surface area contributed by atoms with E-state index in [1.165, 1.54) is 16.5 Å². The lowest BCUT2D eigenvalue weighted by Gasteiger charge is -2.31. The largest absolute Gasteiger partial charge is 0.391 e. The Morgan fingerprint density at radius 1 is 1.00 bits per heavy atom. The molecule has 0 bridgehead atoms. The van der Waals surface area contributed by atoms with Crippen molar-refractivity contribution < 1.29 is 5.11 Å². The van der Waals surface area contributed by atoms with Crippen LogP contribution in [0.15, 0.2) is 60.7 Å². The van der Waals surface area contributed by atoms with E-state index in [1.807, 2.05) is 12.1 Å². The van der Waals surface area contributed by atoms with E-state index in [1.54, 1.807) is 0 Å². The van der Waals surface area contributed by atoms with Gasteiger partial charge in [0, 0.05) is 18.5 Å². The SMILES string of the molecule is O[C@@H]1CCCN(c2cc(-c3ccccc3)c3ccccc3n2)C1. The zero-order valence-electron chi connectivity index (χ0n) is 13.0. The summed E-state index contributed by atoms with van der Waals surface area (Å²) in [6.07, 6.45) is 1.64. The quantitative estimate of drug-likeness (QED) is 0.781. The smallest absolute Gasteiger partial charge is 0.129 e. The topological polar surface area (TPSA) is 36.4 Å². The Morgan fingerprint density at radius 3 is 2.61 bits per heavy atom. The van der Waals surface area contributed by atoms with E-state index in [-0.39, 0.29) is 6.10 Å². The molecule has 0 spiro atoms. The van der Waals surface area contributed by atoms with Gasteiger partial charge in [-0.25, -0.2) is 4.98 Å². The van der Waals surface area contributed by atoms with E-state index in [9.17, 15) is 5.11 Å². The second-order valence-corrected chi connectivity index (χ2v) is 6.15. The lowest BCUT2D eigenvalue weighted by Crippen LogP contribution is -2.38. The maximum atomic E-state index is 9.97. The molecular formula is C20H20N2O. The van der Waals surface area contributed by atoms with Gasteiger partial charge in [0.05, 0.1) is 11.6 Å². The molecular weight excluding hydrogens is 284 g/mol. The van der Waals surface area contributed by atoms with E-state index in [2.05, 4.69) is 53.4 Å². The van der Waals surface area contributed by atoms with E-state index < -0.39 is 0 Å². The first kappa shape index (κ1) is 14.2. The number of piperidine rings is 1. The molecule has 1 atom stereocenters. The van der Waals surface area contributed by atoms with Crippen LogP contribution in [0.1, 0.15) is 12.8 Å². The fourth-order valence-corrected chi connectivity index (χ4v) is 3.34. The first-order valence-electron chi connectivity index (χ1n) is 8.19. The summed E-state index contributed by atoms with van der Waals surface area (Å²) in [5, 5.41) is 11.1. The van der Waals surface area contributed by atoms with Crippen LogP contribution < -0.4 is 4.90 Å². The van der Waals surface area contributed by atoms with Crippen LogP contribution in [-0.2, 0) is 0 Å². The first-order valence-corrected chi connectivity index (χ1v) is 8.19. The van der Waals surface area contributed by atoms with Gasteiger partial charge in [0.1, 0.15) is 5.82 Å². The van der Waals surface area contributed by atoms with Gasteiger partial charge in [-0.3, -0.25) is 0 Å². The van der Waals surface area contributed by atoms with Gasteiger partial charge >= 0.3 is 0 Å². The van der Waals surface area contributed by atoms with Gasteiger partial charge in [-0.05, 0) is 36.1 Å². The number of rotatable bonds is 2. The normalized spacial score (nSPS) is 18.3. The fraction of sp³-hybridized carbons (Fsp3) is 0.250. The summed E-state index contributed by atoms with van der Waals surface area (Å²) < 4.78 is 0. The fourth-order valence-electron chi connectivity index (χ4n) is 3.34. The van der Waals surface area contributed by atoms with Crippen LogP contribution in [0.2, 0.25) is 0 Å². The minimum atomic E-state index is -0.253. The molecule has 23 heavy (non-hydrogen) atoms. The Balaban J connectivity index is 1.87. The molecule has 3 heteroatoms. The number of aliphatic hydroxyl groups excluding tert-OH is 1. The predicted molar refractivity (Wildman–Crippen MR) is 94.6 cm³/mol. The van der Waals surface area contributed by atoms with Gasteiger partial charge in [0.2, 0.25) is 0 Å². The van der Waals surface area contributed by atoms with Crippen LogP contribution in [0, 0.1) is 0 Å². The third-order valence-electron chi connectivity index (χ3n) is 4.51. The number of aliphatic hydroxyl groups is 1. The highest BCUT2D eigenvalue weighted by Gasteiger charge is 2.20. The summed E-state index contributed by atoms with van der Waals surface area (Å²) in [4.78, 5) is 7.04. The van der Waals surface area contributed by atoms with Gasteiger partial charge in [-0.1, -0.05) is 48.5 Å². The molecule has 4 rings (SSSR count). The Hall–Kier alpha value is -2.39. The van der Waals surface area contributed by atoms with Crippen LogP contribution in [0.5, 0.6) is 0 Å². The van der Waals surface area contributed by atoms with E-state index >= 15 is 0 Å². The van der Waals surface area contributed by atoms with Gasteiger partial charge in [0.15, 0.2) is 0 Å². The van der Waals surface area contributed by atoms with E-state index in [0.717, 1.165) is 30.7 Å². The second kappa shape index (κ2) is 6.01. The van der Waals surface area contributed by atoms with Crippen molar-refractivity contribution in [3.05, 3.63) is 60.7 Å². The Bertz CT molecular complexity index is 816. The van der Waals surface area contributed by atoms with Crippen molar-refractivity contribution in [2.24, 2.45) is 0 Å². The number of anilines is 1. The van der Waals surface area contributed by atoms with Gasteiger partial charge in [-0.2, -0.15) is 0 Å². The molecule has 1 saturated heterocycles. The van der Waals surface area contributed by atoms with Crippen molar-refractivity contribution in [1.82, 2.24) is 4.98 Å². The van der Waals surface area contributed by atoms with Crippen molar-refractivity contribution >= 4 is 16.7 Å². The lowest BCUT2D eigenvalue weighted by molar-refractivity contribution is 0.154. The molecule has 1 aliphatic rings. The minimum absolute atomic E-state index is 0.253. The molecule has 2 heterocycles. The second-order valence-electron chi connectivity index (χ2n) is 6.15.